The summed E-state index contributed by atoms with van der Waals surface area (Å²) in [7, 11) is 0. The van der Waals surface area contributed by atoms with Crippen molar-refractivity contribution in [3.8, 4) is 0 Å². The van der Waals surface area contributed by atoms with Crippen LogP contribution in [0.2, 0.25) is 0 Å². The van der Waals surface area contributed by atoms with Crippen LogP contribution >= 0.6 is 0 Å². The molecule has 3 nitrogen and oxygen atoms in total. The monoisotopic (exact) mass is 240 g/mol. The van der Waals surface area contributed by atoms with E-state index in [-0.39, 0.29) is 17.4 Å². The fourth-order valence-electron chi connectivity index (χ4n) is 3.52. The van der Waals surface area contributed by atoms with Crippen LogP contribution in [-0.2, 0) is 9.53 Å². The zero-order chi connectivity index (χ0) is 12.5. The Labute approximate surface area is 104 Å². The van der Waals surface area contributed by atoms with Gasteiger partial charge >= 0.3 is 5.97 Å². The van der Waals surface area contributed by atoms with E-state index >= 15 is 0 Å². The molecule has 0 bridgehead atoms. The second-order valence-electron chi connectivity index (χ2n) is 5.98. The number of carboxylic acid groups (broad SMARTS) is 1. The van der Waals surface area contributed by atoms with Crippen molar-refractivity contribution in [3.63, 3.8) is 0 Å². The Kier molecular flexibility index (Phi) is 3.76. The molecule has 2 aliphatic rings. The molecular formula is C14H24O3. The first kappa shape index (κ1) is 12.9. The van der Waals surface area contributed by atoms with Crippen molar-refractivity contribution in [1.82, 2.24) is 0 Å². The predicted octanol–water partition coefficient (Wildman–Crippen LogP) is 3.08. The SMILES string of the molecule is CC(C(=O)O)C(C)C1CCOC2(CCCC2)C1. The second kappa shape index (κ2) is 4.97. The molecule has 0 aromatic carbocycles. The number of hydrogen-bond donors (Lipinski definition) is 1. The summed E-state index contributed by atoms with van der Waals surface area (Å²) in [4.78, 5) is 11.1. The normalized spacial score (nSPS) is 31.3. The number of hydrogen-bond acceptors (Lipinski definition) is 2. The Morgan fingerprint density at radius 2 is 2.00 bits per heavy atom. The lowest BCUT2D eigenvalue weighted by Gasteiger charge is -2.41. The van der Waals surface area contributed by atoms with Crippen LogP contribution in [0.4, 0.5) is 0 Å². The Bertz CT molecular complexity index is 281. The number of carboxylic acids is 1. The number of rotatable bonds is 3. The Morgan fingerprint density at radius 1 is 1.35 bits per heavy atom. The molecule has 0 aromatic heterocycles. The zero-order valence-electron chi connectivity index (χ0n) is 10.9. The van der Waals surface area contributed by atoms with Crippen LogP contribution < -0.4 is 0 Å². The maximum atomic E-state index is 11.1. The van der Waals surface area contributed by atoms with Crippen molar-refractivity contribution in [2.24, 2.45) is 17.8 Å². The first-order valence-electron chi connectivity index (χ1n) is 6.91. The minimum absolute atomic E-state index is 0.107. The van der Waals surface area contributed by atoms with Crippen LogP contribution in [0.15, 0.2) is 0 Å². The van der Waals surface area contributed by atoms with Gasteiger partial charge in [-0.1, -0.05) is 26.7 Å². The van der Waals surface area contributed by atoms with Gasteiger partial charge in [0.1, 0.15) is 0 Å². The number of ether oxygens (including phenoxy) is 1. The second-order valence-corrected chi connectivity index (χ2v) is 5.98. The van der Waals surface area contributed by atoms with Gasteiger partial charge in [-0.3, -0.25) is 4.79 Å². The Morgan fingerprint density at radius 3 is 2.59 bits per heavy atom. The van der Waals surface area contributed by atoms with E-state index in [0.29, 0.717) is 5.92 Å². The number of carbonyl (C=O) groups is 1. The molecule has 3 unspecified atom stereocenters. The largest absolute Gasteiger partial charge is 0.481 e. The summed E-state index contributed by atoms with van der Waals surface area (Å²) in [6.07, 6.45) is 7.01. The molecule has 1 N–H and O–H groups in total. The molecule has 1 spiro atoms. The van der Waals surface area contributed by atoms with Gasteiger partial charge in [0.05, 0.1) is 11.5 Å². The average molecular weight is 240 g/mol. The van der Waals surface area contributed by atoms with Crippen LogP contribution in [0.3, 0.4) is 0 Å². The summed E-state index contributed by atoms with van der Waals surface area (Å²) in [6.45, 7) is 4.75. The summed E-state index contributed by atoms with van der Waals surface area (Å²) in [5.74, 6) is -0.122. The molecule has 1 aliphatic carbocycles. The Hall–Kier alpha value is -0.570. The minimum atomic E-state index is -0.663. The smallest absolute Gasteiger partial charge is 0.306 e. The van der Waals surface area contributed by atoms with E-state index in [0.717, 1.165) is 19.4 Å². The molecule has 0 radical (unpaired) electrons. The molecule has 98 valence electrons. The summed E-state index contributed by atoms with van der Waals surface area (Å²) in [5.41, 5.74) is 0.107. The molecule has 1 saturated heterocycles. The van der Waals surface area contributed by atoms with Crippen LogP contribution in [0, 0.1) is 17.8 Å². The van der Waals surface area contributed by atoms with Gasteiger partial charge in [-0.25, -0.2) is 0 Å². The van der Waals surface area contributed by atoms with E-state index in [1.165, 1.54) is 25.7 Å². The van der Waals surface area contributed by atoms with Crippen molar-refractivity contribution >= 4 is 5.97 Å². The maximum absolute atomic E-state index is 11.1. The van der Waals surface area contributed by atoms with Crippen LogP contribution in [0.1, 0.15) is 52.4 Å². The van der Waals surface area contributed by atoms with Gasteiger partial charge in [-0.15, -0.1) is 0 Å². The van der Waals surface area contributed by atoms with E-state index in [9.17, 15) is 4.79 Å². The Balaban J connectivity index is 1.99. The molecule has 2 rings (SSSR count). The van der Waals surface area contributed by atoms with Gasteiger partial charge in [-0.05, 0) is 37.5 Å². The highest BCUT2D eigenvalue weighted by Gasteiger charge is 2.42. The lowest BCUT2D eigenvalue weighted by atomic mass is 9.74. The van der Waals surface area contributed by atoms with Gasteiger partial charge in [-0.2, -0.15) is 0 Å². The molecule has 0 amide bonds. The molecule has 3 heteroatoms. The molecule has 1 heterocycles. The summed E-state index contributed by atoms with van der Waals surface area (Å²) in [5, 5.41) is 9.11. The summed E-state index contributed by atoms with van der Waals surface area (Å²) < 4.78 is 6.00. The third-order valence-electron chi connectivity index (χ3n) is 4.97. The van der Waals surface area contributed by atoms with Crippen LogP contribution in [0.5, 0.6) is 0 Å². The molecule has 1 saturated carbocycles. The van der Waals surface area contributed by atoms with Gasteiger partial charge in [0.2, 0.25) is 0 Å². The predicted molar refractivity (Wildman–Crippen MR) is 65.8 cm³/mol. The van der Waals surface area contributed by atoms with Gasteiger partial charge in [0.25, 0.3) is 0 Å². The van der Waals surface area contributed by atoms with E-state index in [1.807, 2.05) is 6.92 Å². The topological polar surface area (TPSA) is 46.5 Å². The number of aliphatic carboxylic acids is 1. The molecule has 17 heavy (non-hydrogen) atoms. The fourth-order valence-corrected chi connectivity index (χ4v) is 3.52. The average Bonchev–Trinajstić information content (AvgIpc) is 2.75. The highest BCUT2D eigenvalue weighted by Crippen LogP contribution is 2.45. The zero-order valence-corrected chi connectivity index (χ0v) is 10.9. The first-order chi connectivity index (χ1) is 8.04. The first-order valence-corrected chi connectivity index (χ1v) is 6.91. The standard InChI is InChI=1S/C14H24O3/c1-10(11(2)13(15)16)12-5-8-17-14(9-12)6-3-4-7-14/h10-12H,3-9H2,1-2H3,(H,15,16). The maximum Gasteiger partial charge on any atom is 0.306 e. The summed E-state index contributed by atoms with van der Waals surface area (Å²) >= 11 is 0. The highest BCUT2D eigenvalue weighted by atomic mass is 16.5. The minimum Gasteiger partial charge on any atom is -0.481 e. The van der Waals surface area contributed by atoms with Crippen LogP contribution in [0.25, 0.3) is 0 Å². The van der Waals surface area contributed by atoms with Gasteiger partial charge < -0.3 is 9.84 Å². The molecule has 3 atom stereocenters. The lowest BCUT2D eigenvalue weighted by molar-refractivity contribution is -0.146. The quantitative estimate of drug-likeness (QED) is 0.824. The third-order valence-corrected chi connectivity index (χ3v) is 4.97. The molecule has 0 aromatic rings. The van der Waals surface area contributed by atoms with Crippen molar-refractivity contribution in [2.45, 2.75) is 58.0 Å². The molecule has 1 aliphatic heterocycles. The van der Waals surface area contributed by atoms with Crippen molar-refractivity contribution in [1.29, 1.82) is 0 Å². The van der Waals surface area contributed by atoms with E-state index in [4.69, 9.17) is 9.84 Å². The van der Waals surface area contributed by atoms with Gasteiger partial charge in [0.15, 0.2) is 0 Å². The van der Waals surface area contributed by atoms with Crippen molar-refractivity contribution in [2.75, 3.05) is 6.61 Å². The third kappa shape index (κ3) is 2.65. The molecule has 2 fully saturated rings. The summed E-state index contributed by atoms with van der Waals surface area (Å²) in [6, 6.07) is 0. The van der Waals surface area contributed by atoms with Crippen molar-refractivity contribution in [3.05, 3.63) is 0 Å². The molecular weight excluding hydrogens is 216 g/mol. The fraction of sp³-hybridized carbons (Fsp3) is 0.929. The van der Waals surface area contributed by atoms with E-state index < -0.39 is 5.97 Å². The van der Waals surface area contributed by atoms with Crippen molar-refractivity contribution < 1.29 is 14.6 Å². The van der Waals surface area contributed by atoms with E-state index in [2.05, 4.69) is 6.92 Å². The van der Waals surface area contributed by atoms with Crippen LogP contribution in [-0.4, -0.2) is 23.3 Å². The highest BCUT2D eigenvalue weighted by molar-refractivity contribution is 5.69. The lowest BCUT2D eigenvalue weighted by Crippen LogP contribution is -2.41. The van der Waals surface area contributed by atoms with Gasteiger partial charge in [0, 0.05) is 6.61 Å². The van der Waals surface area contributed by atoms with E-state index in [1.54, 1.807) is 0 Å².